The fraction of sp³-hybridized carbons (Fsp3) is 0.150. The maximum atomic E-state index is 12.6. The molecule has 0 aliphatic carbocycles. The topological polar surface area (TPSA) is 94.6 Å². The highest BCUT2D eigenvalue weighted by atomic mass is 16.5. The molecule has 2 aromatic carbocycles. The highest BCUT2D eigenvalue weighted by Gasteiger charge is 2.13. The number of rotatable bonds is 7. The van der Waals surface area contributed by atoms with E-state index in [1.54, 1.807) is 38.5 Å². The van der Waals surface area contributed by atoms with E-state index in [9.17, 15) is 4.79 Å². The molecule has 1 heterocycles. The molecule has 0 bridgehead atoms. The number of benzene rings is 2. The van der Waals surface area contributed by atoms with E-state index >= 15 is 0 Å². The second kappa shape index (κ2) is 8.72. The summed E-state index contributed by atoms with van der Waals surface area (Å²) in [4.78, 5) is 20.8. The molecule has 144 valence electrons. The van der Waals surface area contributed by atoms with Crippen molar-refractivity contribution in [2.75, 3.05) is 32.0 Å². The number of hydrogen-bond donors (Lipinski definition) is 2. The van der Waals surface area contributed by atoms with E-state index in [0.717, 1.165) is 5.69 Å². The van der Waals surface area contributed by atoms with Gasteiger partial charge in [0.1, 0.15) is 35.1 Å². The molecule has 0 unspecified atom stereocenters. The van der Waals surface area contributed by atoms with Gasteiger partial charge >= 0.3 is 0 Å². The molecule has 0 atom stereocenters. The summed E-state index contributed by atoms with van der Waals surface area (Å²) in [5, 5.41) is 5.90. The summed E-state index contributed by atoms with van der Waals surface area (Å²) in [6.45, 7) is 0. The minimum Gasteiger partial charge on any atom is -0.497 e. The van der Waals surface area contributed by atoms with Gasteiger partial charge in [-0.2, -0.15) is 0 Å². The highest BCUT2D eigenvalue weighted by Crippen LogP contribution is 2.30. The van der Waals surface area contributed by atoms with E-state index in [4.69, 9.17) is 14.2 Å². The molecular formula is C20H20N4O4. The van der Waals surface area contributed by atoms with Crippen molar-refractivity contribution >= 4 is 23.1 Å². The molecule has 28 heavy (non-hydrogen) atoms. The SMILES string of the molecule is COc1ccc(NC(=O)c2cc(Nc3ccccc3OC)ncn2)c(OC)c1. The van der Waals surface area contributed by atoms with Crippen molar-refractivity contribution in [2.45, 2.75) is 0 Å². The minimum absolute atomic E-state index is 0.199. The van der Waals surface area contributed by atoms with Gasteiger partial charge in [0.05, 0.1) is 32.7 Å². The van der Waals surface area contributed by atoms with Crippen LogP contribution in [0, 0.1) is 0 Å². The van der Waals surface area contributed by atoms with Crippen molar-refractivity contribution in [3.63, 3.8) is 0 Å². The van der Waals surface area contributed by atoms with Crippen LogP contribution in [0.3, 0.4) is 0 Å². The van der Waals surface area contributed by atoms with Crippen molar-refractivity contribution < 1.29 is 19.0 Å². The van der Waals surface area contributed by atoms with E-state index in [-0.39, 0.29) is 5.69 Å². The van der Waals surface area contributed by atoms with Crippen LogP contribution < -0.4 is 24.8 Å². The lowest BCUT2D eigenvalue weighted by Gasteiger charge is -2.12. The van der Waals surface area contributed by atoms with Gasteiger partial charge in [0.2, 0.25) is 0 Å². The molecule has 0 fully saturated rings. The first-order chi connectivity index (χ1) is 13.6. The largest absolute Gasteiger partial charge is 0.497 e. The van der Waals surface area contributed by atoms with Crippen LogP contribution in [0.25, 0.3) is 0 Å². The summed E-state index contributed by atoms with van der Waals surface area (Å²) in [6, 6.07) is 14.1. The molecular weight excluding hydrogens is 360 g/mol. The smallest absolute Gasteiger partial charge is 0.274 e. The monoisotopic (exact) mass is 380 g/mol. The number of nitrogens with zero attached hydrogens (tertiary/aromatic N) is 2. The molecule has 8 nitrogen and oxygen atoms in total. The predicted molar refractivity (Wildman–Crippen MR) is 106 cm³/mol. The number of methoxy groups -OCH3 is 3. The van der Waals surface area contributed by atoms with Gasteiger partial charge in [-0.3, -0.25) is 4.79 Å². The van der Waals surface area contributed by atoms with E-state index < -0.39 is 5.91 Å². The minimum atomic E-state index is -0.394. The van der Waals surface area contributed by atoms with Gasteiger partial charge in [-0.15, -0.1) is 0 Å². The molecule has 0 saturated heterocycles. The van der Waals surface area contributed by atoms with Crippen molar-refractivity contribution in [2.24, 2.45) is 0 Å². The average Bonchev–Trinajstić information content (AvgIpc) is 2.74. The zero-order valence-corrected chi connectivity index (χ0v) is 15.7. The first kappa shape index (κ1) is 19.0. The van der Waals surface area contributed by atoms with Crippen LogP contribution in [0.15, 0.2) is 54.9 Å². The number of carbonyl (C=O) groups excluding carboxylic acids is 1. The van der Waals surface area contributed by atoms with Gasteiger partial charge in [0.25, 0.3) is 5.91 Å². The molecule has 0 saturated carbocycles. The second-order valence-electron chi connectivity index (χ2n) is 5.63. The van der Waals surface area contributed by atoms with E-state index in [1.807, 2.05) is 24.3 Å². The molecule has 1 aromatic heterocycles. The molecule has 8 heteroatoms. The number of anilines is 3. The fourth-order valence-electron chi connectivity index (χ4n) is 2.52. The number of ether oxygens (including phenoxy) is 3. The Hall–Kier alpha value is -3.81. The molecule has 3 aromatic rings. The van der Waals surface area contributed by atoms with Gasteiger partial charge in [-0.05, 0) is 24.3 Å². The number of aromatic nitrogens is 2. The highest BCUT2D eigenvalue weighted by molar-refractivity contribution is 6.04. The number of carbonyl (C=O) groups is 1. The van der Waals surface area contributed by atoms with Crippen molar-refractivity contribution in [3.8, 4) is 17.2 Å². The Morgan fingerprint density at radius 1 is 0.857 bits per heavy atom. The third-order valence-electron chi connectivity index (χ3n) is 3.93. The number of para-hydroxylation sites is 2. The van der Waals surface area contributed by atoms with E-state index in [0.29, 0.717) is 28.8 Å². The molecule has 0 spiro atoms. The summed E-state index contributed by atoms with van der Waals surface area (Å²) in [5.74, 6) is 1.84. The van der Waals surface area contributed by atoms with Gasteiger partial charge in [-0.25, -0.2) is 9.97 Å². The van der Waals surface area contributed by atoms with Crippen LogP contribution in [-0.2, 0) is 0 Å². The van der Waals surface area contributed by atoms with Crippen LogP contribution in [0.1, 0.15) is 10.5 Å². The third-order valence-corrected chi connectivity index (χ3v) is 3.93. The van der Waals surface area contributed by atoms with Gasteiger partial charge in [0, 0.05) is 12.1 Å². The molecule has 0 aliphatic heterocycles. The van der Waals surface area contributed by atoms with Gasteiger partial charge in [0.15, 0.2) is 0 Å². The van der Waals surface area contributed by atoms with Crippen molar-refractivity contribution in [3.05, 3.63) is 60.6 Å². The van der Waals surface area contributed by atoms with E-state index in [2.05, 4.69) is 20.6 Å². The van der Waals surface area contributed by atoms with Crippen molar-refractivity contribution in [1.29, 1.82) is 0 Å². The summed E-state index contributed by atoms with van der Waals surface area (Å²) in [6.07, 6.45) is 1.32. The molecule has 0 aliphatic rings. The van der Waals surface area contributed by atoms with Crippen LogP contribution in [-0.4, -0.2) is 37.2 Å². The normalized spacial score (nSPS) is 10.1. The number of hydrogen-bond acceptors (Lipinski definition) is 7. The summed E-state index contributed by atoms with van der Waals surface area (Å²) in [7, 11) is 4.66. The summed E-state index contributed by atoms with van der Waals surface area (Å²) >= 11 is 0. The zero-order chi connectivity index (χ0) is 19.9. The number of amides is 1. The van der Waals surface area contributed by atoms with Crippen LogP contribution in [0.4, 0.5) is 17.2 Å². The van der Waals surface area contributed by atoms with Crippen LogP contribution in [0.5, 0.6) is 17.2 Å². The van der Waals surface area contributed by atoms with E-state index in [1.165, 1.54) is 13.4 Å². The summed E-state index contributed by atoms with van der Waals surface area (Å²) < 4.78 is 15.8. The first-order valence-electron chi connectivity index (χ1n) is 8.40. The van der Waals surface area contributed by atoms with Gasteiger partial charge in [-0.1, -0.05) is 12.1 Å². The summed E-state index contributed by atoms with van der Waals surface area (Å²) in [5.41, 5.74) is 1.43. The molecule has 3 rings (SSSR count). The van der Waals surface area contributed by atoms with Gasteiger partial charge < -0.3 is 24.8 Å². The quantitative estimate of drug-likeness (QED) is 0.648. The lowest BCUT2D eigenvalue weighted by molar-refractivity contribution is 0.102. The predicted octanol–water partition coefficient (Wildman–Crippen LogP) is 3.50. The molecule has 0 radical (unpaired) electrons. The Morgan fingerprint density at radius 3 is 2.39 bits per heavy atom. The Kier molecular flexibility index (Phi) is 5.91. The lowest BCUT2D eigenvalue weighted by Crippen LogP contribution is -2.15. The average molecular weight is 380 g/mol. The Bertz CT molecular complexity index is 978. The Morgan fingerprint density at radius 2 is 1.64 bits per heavy atom. The molecule has 1 amide bonds. The Labute approximate surface area is 162 Å². The third kappa shape index (κ3) is 4.29. The lowest BCUT2D eigenvalue weighted by atomic mass is 10.2. The van der Waals surface area contributed by atoms with Crippen molar-refractivity contribution in [1.82, 2.24) is 9.97 Å². The number of nitrogens with one attached hydrogen (secondary N) is 2. The first-order valence-corrected chi connectivity index (χ1v) is 8.40. The molecule has 2 N–H and O–H groups in total. The van der Waals surface area contributed by atoms with Crippen LogP contribution in [0.2, 0.25) is 0 Å². The second-order valence-corrected chi connectivity index (χ2v) is 5.63. The fourth-order valence-corrected chi connectivity index (χ4v) is 2.52. The zero-order valence-electron chi connectivity index (χ0n) is 15.7. The Balaban J connectivity index is 1.79. The maximum absolute atomic E-state index is 12.6. The standard InChI is InChI=1S/C20H20N4O4/c1-26-13-8-9-15(18(10-13)28-3)24-20(25)16-11-19(22-12-21-16)23-14-6-4-5-7-17(14)27-2/h4-12H,1-3H3,(H,24,25)(H,21,22,23). The van der Waals surface area contributed by atoms with Crippen LogP contribution >= 0.6 is 0 Å². The maximum Gasteiger partial charge on any atom is 0.274 e.